The van der Waals surface area contributed by atoms with Gasteiger partial charge in [0, 0.05) is 29.3 Å². The van der Waals surface area contributed by atoms with Crippen molar-refractivity contribution in [2.45, 2.75) is 33.2 Å². The molecule has 2 N–H and O–H groups in total. The average molecular weight is 285 g/mol. The van der Waals surface area contributed by atoms with E-state index in [1.165, 1.54) is 12.1 Å². The highest BCUT2D eigenvalue weighted by molar-refractivity contribution is 9.10. The first-order valence-electron chi connectivity index (χ1n) is 5.90. The number of hydrogen-bond donors (Lipinski definition) is 1. The summed E-state index contributed by atoms with van der Waals surface area (Å²) in [5.74, 6) is 0. The lowest BCUT2D eigenvalue weighted by Gasteiger charge is -2.23. The summed E-state index contributed by atoms with van der Waals surface area (Å²) < 4.78 is 1.11. The van der Waals surface area contributed by atoms with Crippen LogP contribution in [-0.2, 0) is 0 Å². The molecule has 0 heterocycles. The highest BCUT2D eigenvalue weighted by Crippen LogP contribution is 2.27. The lowest BCUT2D eigenvalue weighted by Crippen LogP contribution is -2.23. The third-order valence-electron chi connectivity index (χ3n) is 2.71. The van der Waals surface area contributed by atoms with Crippen LogP contribution in [-0.4, -0.2) is 13.1 Å². The van der Waals surface area contributed by atoms with E-state index in [0.29, 0.717) is 0 Å². The van der Waals surface area contributed by atoms with E-state index in [1.54, 1.807) is 0 Å². The average Bonchev–Trinajstić information content (AvgIpc) is 2.25. The lowest BCUT2D eigenvalue weighted by atomic mass is 10.1. The molecular weight excluding hydrogens is 264 g/mol. The zero-order chi connectivity index (χ0) is 12.1. The van der Waals surface area contributed by atoms with Gasteiger partial charge in [-0.1, -0.05) is 28.9 Å². The summed E-state index contributed by atoms with van der Waals surface area (Å²) in [7, 11) is 0. The first-order chi connectivity index (χ1) is 7.60. The Morgan fingerprint density at radius 3 is 2.50 bits per heavy atom. The molecule has 0 amide bonds. The molecule has 1 unspecified atom stereocenters. The van der Waals surface area contributed by atoms with Gasteiger partial charge in [0.2, 0.25) is 0 Å². The normalized spacial score (nSPS) is 12.6. The summed E-state index contributed by atoms with van der Waals surface area (Å²) in [4.78, 5) is 2.37. The van der Waals surface area contributed by atoms with Gasteiger partial charge in [-0.2, -0.15) is 0 Å². The maximum Gasteiger partial charge on any atom is 0.0377 e. The van der Waals surface area contributed by atoms with Crippen molar-refractivity contribution in [3.05, 3.63) is 28.2 Å². The van der Waals surface area contributed by atoms with Gasteiger partial charge >= 0.3 is 0 Å². The molecule has 0 aromatic heterocycles. The molecule has 1 aromatic rings. The molecule has 0 aliphatic carbocycles. The number of anilines is 1. The van der Waals surface area contributed by atoms with Crippen molar-refractivity contribution in [3.63, 3.8) is 0 Å². The molecular formula is C13H21BrN2. The molecule has 16 heavy (non-hydrogen) atoms. The maximum atomic E-state index is 5.89. The number of hydrogen-bond acceptors (Lipinski definition) is 2. The Labute approximate surface area is 107 Å². The number of benzene rings is 1. The van der Waals surface area contributed by atoms with Crippen LogP contribution in [0.3, 0.4) is 0 Å². The van der Waals surface area contributed by atoms with Crippen LogP contribution in [0.15, 0.2) is 22.7 Å². The molecule has 1 atom stereocenters. The summed E-state index contributed by atoms with van der Waals surface area (Å²) in [6, 6.07) is 6.51. The van der Waals surface area contributed by atoms with E-state index in [4.69, 9.17) is 5.73 Å². The monoisotopic (exact) mass is 284 g/mol. The third kappa shape index (κ3) is 3.22. The van der Waals surface area contributed by atoms with Crippen LogP contribution in [0, 0.1) is 0 Å². The van der Waals surface area contributed by atoms with Gasteiger partial charge in [0.25, 0.3) is 0 Å². The first kappa shape index (κ1) is 13.5. The van der Waals surface area contributed by atoms with Gasteiger partial charge in [-0.3, -0.25) is 0 Å². The van der Waals surface area contributed by atoms with Gasteiger partial charge in [0.1, 0.15) is 0 Å². The molecule has 0 aliphatic rings. The van der Waals surface area contributed by atoms with E-state index in [9.17, 15) is 0 Å². The zero-order valence-corrected chi connectivity index (χ0v) is 11.9. The minimum absolute atomic E-state index is 0.0738. The Bertz CT molecular complexity index is 337. The predicted molar refractivity (Wildman–Crippen MR) is 74.9 cm³/mol. The maximum absolute atomic E-state index is 5.89. The molecule has 0 fully saturated rings. The fourth-order valence-electron chi connectivity index (χ4n) is 1.82. The Kier molecular flexibility index (Phi) is 5.29. The minimum Gasteiger partial charge on any atom is -0.372 e. The van der Waals surface area contributed by atoms with Gasteiger partial charge in [-0.05, 0) is 38.0 Å². The SMILES string of the molecule is CCCN(CC)c1ccc(C(C)N)c(Br)c1. The zero-order valence-electron chi connectivity index (χ0n) is 10.3. The van der Waals surface area contributed by atoms with Crippen molar-refractivity contribution in [1.29, 1.82) is 0 Å². The second-order valence-electron chi connectivity index (χ2n) is 4.07. The quantitative estimate of drug-likeness (QED) is 0.893. The van der Waals surface area contributed by atoms with Crippen molar-refractivity contribution in [1.82, 2.24) is 0 Å². The van der Waals surface area contributed by atoms with Crippen LogP contribution in [0.5, 0.6) is 0 Å². The van der Waals surface area contributed by atoms with Crippen molar-refractivity contribution in [2.75, 3.05) is 18.0 Å². The molecule has 0 saturated carbocycles. The number of halogens is 1. The summed E-state index contributed by atoms with van der Waals surface area (Å²) >= 11 is 3.59. The standard InChI is InChI=1S/C13H21BrN2/c1-4-8-16(5-2)11-6-7-12(10(3)15)13(14)9-11/h6-7,9-10H,4-5,8,15H2,1-3H3. The molecule has 0 radical (unpaired) electrons. The summed E-state index contributed by atoms with van der Waals surface area (Å²) in [6.07, 6.45) is 1.17. The highest BCUT2D eigenvalue weighted by Gasteiger charge is 2.08. The van der Waals surface area contributed by atoms with Gasteiger partial charge in [0.15, 0.2) is 0 Å². The van der Waals surface area contributed by atoms with Crippen LogP contribution in [0.1, 0.15) is 38.8 Å². The van der Waals surface area contributed by atoms with E-state index in [1.807, 2.05) is 6.92 Å². The van der Waals surface area contributed by atoms with Gasteiger partial charge in [-0.25, -0.2) is 0 Å². The highest BCUT2D eigenvalue weighted by atomic mass is 79.9. The van der Waals surface area contributed by atoms with Crippen LogP contribution < -0.4 is 10.6 Å². The Hall–Kier alpha value is -0.540. The smallest absolute Gasteiger partial charge is 0.0377 e. The van der Waals surface area contributed by atoms with Gasteiger partial charge < -0.3 is 10.6 Å². The topological polar surface area (TPSA) is 29.3 Å². The van der Waals surface area contributed by atoms with Gasteiger partial charge in [-0.15, -0.1) is 0 Å². The largest absolute Gasteiger partial charge is 0.372 e. The Balaban J connectivity index is 2.95. The van der Waals surface area contributed by atoms with Crippen LogP contribution in [0.25, 0.3) is 0 Å². The molecule has 1 rings (SSSR count). The van der Waals surface area contributed by atoms with E-state index in [-0.39, 0.29) is 6.04 Å². The summed E-state index contributed by atoms with van der Waals surface area (Å²) in [5.41, 5.74) is 8.32. The number of rotatable bonds is 5. The van der Waals surface area contributed by atoms with E-state index >= 15 is 0 Å². The fraction of sp³-hybridized carbons (Fsp3) is 0.538. The molecule has 0 bridgehead atoms. The summed E-state index contributed by atoms with van der Waals surface area (Å²) in [5, 5.41) is 0. The number of nitrogens with zero attached hydrogens (tertiary/aromatic N) is 1. The molecule has 0 aliphatic heterocycles. The summed E-state index contributed by atoms with van der Waals surface area (Å²) in [6.45, 7) is 8.53. The molecule has 0 spiro atoms. The van der Waals surface area contributed by atoms with Crippen molar-refractivity contribution in [3.8, 4) is 0 Å². The third-order valence-corrected chi connectivity index (χ3v) is 3.40. The molecule has 1 aromatic carbocycles. The second-order valence-corrected chi connectivity index (χ2v) is 4.93. The minimum atomic E-state index is 0.0738. The van der Waals surface area contributed by atoms with Crippen LogP contribution in [0.2, 0.25) is 0 Å². The van der Waals surface area contributed by atoms with Gasteiger partial charge in [0.05, 0.1) is 0 Å². The van der Waals surface area contributed by atoms with Crippen molar-refractivity contribution in [2.24, 2.45) is 5.73 Å². The van der Waals surface area contributed by atoms with E-state index < -0.39 is 0 Å². The molecule has 90 valence electrons. The predicted octanol–water partition coefficient (Wildman–Crippen LogP) is 3.71. The Morgan fingerprint density at radius 1 is 1.38 bits per heavy atom. The van der Waals surface area contributed by atoms with Crippen LogP contribution in [0.4, 0.5) is 5.69 Å². The first-order valence-corrected chi connectivity index (χ1v) is 6.69. The molecule has 0 saturated heterocycles. The lowest BCUT2D eigenvalue weighted by molar-refractivity contribution is 0.786. The van der Waals surface area contributed by atoms with Crippen molar-refractivity contribution < 1.29 is 0 Å². The second kappa shape index (κ2) is 6.26. The molecule has 2 nitrogen and oxygen atoms in total. The Morgan fingerprint density at radius 2 is 2.06 bits per heavy atom. The van der Waals surface area contributed by atoms with Crippen molar-refractivity contribution >= 4 is 21.6 Å². The fourth-order valence-corrected chi connectivity index (χ4v) is 2.55. The van der Waals surface area contributed by atoms with E-state index in [2.05, 4.69) is 52.9 Å². The number of nitrogens with two attached hydrogens (primary N) is 1. The van der Waals surface area contributed by atoms with Crippen LogP contribution >= 0.6 is 15.9 Å². The molecule has 3 heteroatoms. The van der Waals surface area contributed by atoms with E-state index in [0.717, 1.165) is 23.1 Å².